The molecule has 0 amide bonds. The Bertz CT molecular complexity index is 1100. The molecule has 2 aromatic rings. The minimum Gasteiger partial charge on any atom is -0.497 e. The van der Waals surface area contributed by atoms with Gasteiger partial charge >= 0.3 is 11.9 Å². The molecule has 1 atom stereocenters. The number of ether oxygens (including phenoxy) is 3. The highest BCUT2D eigenvalue weighted by Crippen LogP contribution is 2.20. The lowest BCUT2D eigenvalue weighted by Crippen LogP contribution is -2.40. The highest BCUT2D eigenvalue weighted by Gasteiger charge is 2.26. The van der Waals surface area contributed by atoms with Crippen LogP contribution >= 0.6 is 0 Å². The highest BCUT2D eigenvalue weighted by atomic mass is 32.2. The summed E-state index contributed by atoms with van der Waals surface area (Å²) in [5.74, 6) is -1.58. The molecule has 1 heterocycles. The standard InChI is InChI=1S/C21H26N2O8S/c1-6-30-21(26)18-12(2)19(22-13(18)3)17(24)11-31-20(25)14(4)23-32(27,28)16-9-7-15(29-5)8-10-16/h7-10,14,22-23H,6,11H2,1-5H3/t14-/m0/s1. The van der Waals surface area contributed by atoms with Crippen LogP contribution < -0.4 is 9.46 Å². The normalized spacial score (nSPS) is 12.2. The van der Waals surface area contributed by atoms with Crippen LogP contribution in [0.1, 0.15) is 46.0 Å². The van der Waals surface area contributed by atoms with Gasteiger partial charge in [0.05, 0.1) is 29.9 Å². The van der Waals surface area contributed by atoms with Crippen molar-refractivity contribution in [2.45, 2.75) is 38.6 Å². The number of ketones is 1. The van der Waals surface area contributed by atoms with E-state index >= 15 is 0 Å². The fourth-order valence-corrected chi connectivity index (χ4v) is 4.17. The zero-order valence-electron chi connectivity index (χ0n) is 18.5. The first-order chi connectivity index (χ1) is 15.0. The van der Waals surface area contributed by atoms with E-state index in [1.165, 1.54) is 38.3 Å². The molecule has 2 N–H and O–H groups in total. The van der Waals surface area contributed by atoms with Crippen LogP contribution in [-0.2, 0) is 24.3 Å². The molecule has 1 aromatic carbocycles. The van der Waals surface area contributed by atoms with Crippen LogP contribution in [0.2, 0.25) is 0 Å². The van der Waals surface area contributed by atoms with Crippen LogP contribution in [0.25, 0.3) is 0 Å². The van der Waals surface area contributed by atoms with Crippen molar-refractivity contribution < 1.29 is 37.0 Å². The van der Waals surface area contributed by atoms with Crippen molar-refractivity contribution in [1.29, 1.82) is 0 Å². The number of benzene rings is 1. The molecule has 2 rings (SSSR count). The SMILES string of the molecule is CCOC(=O)c1c(C)[nH]c(C(=O)COC(=O)[C@H](C)NS(=O)(=O)c2ccc(OC)cc2)c1C. The summed E-state index contributed by atoms with van der Waals surface area (Å²) >= 11 is 0. The molecule has 0 spiro atoms. The molecule has 0 aliphatic rings. The molecule has 32 heavy (non-hydrogen) atoms. The largest absolute Gasteiger partial charge is 0.497 e. The number of aromatic nitrogens is 1. The summed E-state index contributed by atoms with van der Waals surface area (Å²) in [6.07, 6.45) is 0. The number of hydrogen-bond acceptors (Lipinski definition) is 8. The molecule has 0 saturated heterocycles. The van der Waals surface area contributed by atoms with E-state index in [-0.39, 0.29) is 22.8 Å². The Hall–Kier alpha value is -3.18. The van der Waals surface area contributed by atoms with E-state index in [0.29, 0.717) is 17.0 Å². The molecule has 174 valence electrons. The molecule has 0 bridgehead atoms. The zero-order chi connectivity index (χ0) is 24.1. The molecular formula is C21H26N2O8S. The maximum absolute atomic E-state index is 12.5. The predicted octanol–water partition coefficient (Wildman–Crippen LogP) is 1.91. The molecule has 0 aliphatic carbocycles. The quantitative estimate of drug-likeness (QED) is 0.400. The summed E-state index contributed by atoms with van der Waals surface area (Å²) in [5, 5.41) is 0. The average molecular weight is 467 g/mol. The zero-order valence-corrected chi connectivity index (χ0v) is 19.3. The first kappa shape index (κ1) is 25.1. The Morgan fingerprint density at radius 3 is 2.28 bits per heavy atom. The van der Waals surface area contributed by atoms with Gasteiger partial charge in [-0.3, -0.25) is 9.59 Å². The van der Waals surface area contributed by atoms with Gasteiger partial charge in [-0.1, -0.05) is 0 Å². The fourth-order valence-electron chi connectivity index (χ4n) is 2.98. The third kappa shape index (κ3) is 5.74. The number of hydrogen-bond donors (Lipinski definition) is 2. The highest BCUT2D eigenvalue weighted by molar-refractivity contribution is 7.89. The molecule has 11 heteroatoms. The van der Waals surface area contributed by atoms with Crippen molar-refractivity contribution >= 4 is 27.7 Å². The molecule has 0 unspecified atom stereocenters. The van der Waals surface area contributed by atoms with Crippen LogP contribution in [0, 0.1) is 13.8 Å². The lowest BCUT2D eigenvalue weighted by Gasteiger charge is -2.14. The number of carbonyl (C=O) groups is 3. The number of aromatic amines is 1. The van der Waals surface area contributed by atoms with Crippen molar-refractivity contribution in [2.75, 3.05) is 20.3 Å². The van der Waals surface area contributed by atoms with E-state index in [2.05, 4.69) is 9.71 Å². The van der Waals surface area contributed by atoms with Crippen molar-refractivity contribution in [2.24, 2.45) is 0 Å². The van der Waals surface area contributed by atoms with E-state index in [4.69, 9.17) is 14.2 Å². The average Bonchev–Trinajstić information content (AvgIpc) is 3.05. The minimum absolute atomic E-state index is 0.0574. The first-order valence-corrected chi connectivity index (χ1v) is 11.2. The van der Waals surface area contributed by atoms with Gasteiger partial charge in [-0.25, -0.2) is 13.2 Å². The number of Topliss-reactive ketones (excluding diaryl/α,β-unsaturated/α-hetero) is 1. The lowest BCUT2D eigenvalue weighted by atomic mass is 10.1. The van der Waals surface area contributed by atoms with Crippen molar-refractivity contribution in [1.82, 2.24) is 9.71 Å². The molecule has 0 radical (unpaired) electrons. The topological polar surface area (TPSA) is 141 Å². The number of H-pyrrole nitrogens is 1. The van der Waals surface area contributed by atoms with Crippen LogP contribution in [0.4, 0.5) is 0 Å². The smallest absolute Gasteiger partial charge is 0.340 e. The monoisotopic (exact) mass is 466 g/mol. The van der Waals surface area contributed by atoms with Gasteiger partial charge < -0.3 is 19.2 Å². The van der Waals surface area contributed by atoms with Crippen LogP contribution in [0.5, 0.6) is 5.75 Å². The summed E-state index contributed by atoms with van der Waals surface area (Å²) < 4.78 is 42.0. The summed E-state index contributed by atoms with van der Waals surface area (Å²) in [7, 11) is -2.54. The number of esters is 2. The third-order valence-electron chi connectivity index (χ3n) is 4.60. The van der Waals surface area contributed by atoms with E-state index in [9.17, 15) is 22.8 Å². The summed E-state index contributed by atoms with van der Waals surface area (Å²) in [6.45, 7) is 5.74. The number of sulfonamides is 1. The van der Waals surface area contributed by atoms with Crippen LogP contribution in [0.3, 0.4) is 0 Å². The maximum Gasteiger partial charge on any atom is 0.340 e. The number of carbonyl (C=O) groups excluding carboxylic acids is 3. The van der Waals surface area contributed by atoms with E-state index in [1.807, 2.05) is 0 Å². The third-order valence-corrected chi connectivity index (χ3v) is 6.15. The Labute approximate surface area is 186 Å². The predicted molar refractivity (Wildman–Crippen MR) is 114 cm³/mol. The summed E-state index contributed by atoms with van der Waals surface area (Å²) in [6, 6.07) is 4.38. The lowest BCUT2D eigenvalue weighted by molar-refractivity contribution is -0.144. The van der Waals surface area contributed by atoms with Gasteiger partial charge in [-0.05, 0) is 57.5 Å². The minimum atomic E-state index is -3.99. The second kappa shape index (κ2) is 10.4. The molecule has 0 fully saturated rings. The maximum atomic E-state index is 12.5. The van der Waals surface area contributed by atoms with E-state index < -0.39 is 40.4 Å². The number of nitrogens with one attached hydrogen (secondary N) is 2. The summed E-state index contributed by atoms with van der Waals surface area (Å²) in [5.41, 5.74) is 1.21. The van der Waals surface area contributed by atoms with Gasteiger partial charge in [0.2, 0.25) is 15.8 Å². The molecular weight excluding hydrogens is 440 g/mol. The van der Waals surface area contributed by atoms with Gasteiger partial charge in [-0.2, -0.15) is 4.72 Å². The van der Waals surface area contributed by atoms with Gasteiger partial charge in [0.1, 0.15) is 11.8 Å². The number of aryl methyl sites for hydroxylation is 1. The Morgan fingerprint density at radius 2 is 1.72 bits per heavy atom. The van der Waals surface area contributed by atoms with Gasteiger partial charge in [-0.15, -0.1) is 0 Å². The van der Waals surface area contributed by atoms with Crippen molar-refractivity contribution in [3.05, 3.63) is 46.8 Å². The van der Waals surface area contributed by atoms with E-state index in [1.54, 1.807) is 20.8 Å². The Balaban J connectivity index is 2.01. The second-order valence-electron chi connectivity index (χ2n) is 6.89. The van der Waals surface area contributed by atoms with Gasteiger partial charge in [0, 0.05) is 5.69 Å². The summed E-state index contributed by atoms with van der Waals surface area (Å²) in [4.78, 5) is 39.5. The van der Waals surface area contributed by atoms with Crippen LogP contribution in [-0.4, -0.2) is 57.5 Å². The molecule has 0 aliphatic heterocycles. The molecule has 1 aromatic heterocycles. The first-order valence-electron chi connectivity index (χ1n) is 9.74. The second-order valence-corrected chi connectivity index (χ2v) is 8.61. The molecule has 0 saturated carbocycles. The van der Waals surface area contributed by atoms with E-state index in [0.717, 1.165) is 0 Å². The van der Waals surface area contributed by atoms with Crippen LogP contribution in [0.15, 0.2) is 29.2 Å². The molecule has 10 nitrogen and oxygen atoms in total. The van der Waals surface area contributed by atoms with Crippen molar-refractivity contribution in [3.63, 3.8) is 0 Å². The van der Waals surface area contributed by atoms with Gasteiger partial charge in [0.15, 0.2) is 6.61 Å². The van der Waals surface area contributed by atoms with Gasteiger partial charge in [0.25, 0.3) is 0 Å². The number of methoxy groups -OCH3 is 1. The Kier molecular flexibility index (Phi) is 8.17. The Morgan fingerprint density at radius 1 is 1.09 bits per heavy atom. The number of rotatable bonds is 10. The fraction of sp³-hybridized carbons (Fsp3) is 0.381. The van der Waals surface area contributed by atoms with Crippen molar-refractivity contribution in [3.8, 4) is 5.75 Å².